The van der Waals surface area contributed by atoms with E-state index in [1.807, 2.05) is 35.3 Å². The highest BCUT2D eigenvalue weighted by molar-refractivity contribution is 5.08. The van der Waals surface area contributed by atoms with Crippen LogP contribution in [0.5, 0.6) is 0 Å². The lowest BCUT2D eigenvalue weighted by atomic mass is 10.1. The summed E-state index contributed by atoms with van der Waals surface area (Å²) in [7, 11) is 0. The monoisotopic (exact) mass is 259 g/mol. The van der Waals surface area contributed by atoms with Gasteiger partial charge in [0.15, 0.2) is 0 Å². The third-order valence-electron chi connectivity index (χ3n) is 2.95. The first-order valence-corrected chi connectivity index (χ1v) is 6.53. The molecular weight excluding hydrogens is 238 g/mol. The van der Waals surface area contributed by atoms with Gasteiger partial charge >= 0.3 is 0 Å². The second kappa shape index (κ2) is 5.48. The van der Waals surface area contributed by atoms with Crippen molar-refractivity contribution in [2.24, 2.45) is 0 Å². The van der Waals surface area contributed by atoms with Crippen molar-refractivity contribution in [3.8, 4) is 0 Å². The Morgan fingerprint density at radius 3 is 2.68 bits per heavy atom. The first-order chi connectivity index (χ1) is 8.97. The van der Waals surface area contributed by atoms with Crippen molar-refractivity contribution in [2.45, 2.75) is 45.8 Å². The molecule has 0 amide bonds. The molecule has 5 heteroatoms. The fourth-order valence-corrected chi connectivity index (χ4v) is 1.70. The molecule has 0 aliphatic carbocycles. The van der Waals surface area contributed by atoms with Crippen LogP contribution in [0, 0.1) is 0 Å². The molecular formula is C14H21N5. The highest BCUT2D eigenvalue weighted by Crippen LogP contribution is 2.13. The Kier molecular flexibility index (Phi) is 3.95. The van der Waals surface area contributed by atoms with Gasteiger partial charge in [0, 0.05) is 18.8 Å². The van der Waals surface area contributed by atoms with Gasteiger partial charge in [-0.25, -0.2) is 4.68 Å². The Balaban J connectivity index is 1.94. The molecule has 0 saturated heterocycles. The Labute approximate surface area is 114 Å². The van der Waals surface area contributed by atoms with E-state index in [9.17, 15) is 0 Å². The molecule has 0 aliphatic rings. The van der Waals surface area contributed by atoms with Gasteiger partial charge in [-0.15, -0.1) is 5.10 Å². The van der Waals surface area contributed by atoms with Crippen molar-refractivity contribution >= 4 is 0 Å². The molecule has 0 radical (unpaired) electrons. The third kappa shape index (κ3) is 3.61. The van der Waals surface area contributed by atoms with Crippen molar-refractivity contribution in [1.29, 1.82) is 0 Å². The van der Waals surface area contributed by atoms with Crippen LogP contribution in [0.15, 0.2) is 30.6 Å². The first kappa shape index (κ1) is 13.7. The number of rotatable bonds is 4. The molecule has 2 rings (SSSR count). The average Bonchev–Trinajstić information content (AvgIpc) is 2.86. The van der Waals surface area contributed by atoms with E-state index in [0.29, 0.717) is 6.54 Å². The molecule has 2 heterocycles. The lowest BCUT2D eigenvalue weighted by molar-refractivity contribution is 0.347. The minimum atomic E-state index is -0.0299. The number of aromatic nitrogens is 4. The summed E-state index contributed by atoms with van der Waals surface area (Å²) in [6, 6.07) is 6.13. The Morgan fingerprint density at radius 1 is 1.32 bits per heavy atom. The van der Waals surface area contributed by atoms with Crippen LogP contribution in [-0.2, 0) is 12.1 Å². The summed E-state index contributed by atoms with van der Waals surface area (Å²) in [5.74, 6) is 0. The molecule has 0 spiro atoms. The summed E-state index contributed by atoms with van der Waals surface area (Å²) in [5.41, 5.74) is 1.95. The van der Waals surface area contributed by atoms with Crippen molar-refractivity contribution in [3.63, 3.8) is 0 Å². The van der Waals surface area contributed by atoms with Crippen molar-refractivity contribution in [1.82, 2.24) is 25.3 Å². The van der Waals surface area contributed by atoms with Gasteiger partial charge in [-0.2, -0.15) is 0 Å². The SMILES string of the molecule is C[C@H](NCc1cn(C(C)(C)C)nn1)c1ccccn1. The topological polar surface area (TPSA) is 55.6 Å². The van der Waals surface area contributed by atoms with Gasteiger partial charge in [-0.3, -0.25) is 4.98 Å². The first-order valence-electron chi connectivity index (χ1n) is 6.53. The summed E-state index contributed by atoms with van der Waals surface area (Å²) in [6.07, 6.45) is 3.79. The molecule has 0 unspecified atom stereocenters. The molecule has 5 nitrogen and oxygen atoms in total. The Morgan fingerprint density at radius 2 is 2.11 bits per heavy atom. The van der Waals surface area contributed by atoms with E-state index >= 15 is 0 Å². The average molecular weight is 259 g/mol. The van der Waals surface area contributed by atoms with Gasteiger partial charge in [0.2, 0.25) is 0 Å². The molecule has 2 aromatic rings. The lowest BCUT2D eigenvalue weighted by Crippen LogP contribution is -2.22. The van der Waals surface area contributed by atoms with E-state index in [1.54, 1.807) is 0 Å². The van der Waals surface area contributed by atoms with E-state index in [0.717, 1.165) is 11.4 Å². The summed E-state index contributed by atoms with van der Waals surface area (Å²) in [5, 5.41) is 11.7. The molecule has 0 bridgehead atoms. The number of hydrogen-bond donors (Lipinski definition) is 1. The summed E-state index contributed by atoms with van der Waals surface area (Å²) in [4.78, 5) is 4.33. The molecule has 0 saturated carbocycles. The highest BCUT2D eigenvalue weighted by Gasteiger charge is 2.15. The van der Waals surface area contributed by atoms with Crippen molar-refractivity contribution < 1.29 is 0 Å². The van der Waals surface area contributed by atoms with Crippen LogP contribution in [0.1, 0.15) is 45.1 Å². The zero-order valence-corrected chi connectivity index (χ0v) is 12.0. The smallest absolute Gasteiger partial charge is 0.0965 e. The normalized spacial score (nSPS) is 13.5. The molecule has 0 aromatic carbocycles. The predicted octanol–water partition coefficient (Wildman–Crippen LogP) is 2.28. The van der Waals surface area contributed by atoms with Gasteiger partial charge in [0.25, 0.3) is 0 Å². The van der Waals surface area contributed by atoms with Crippen LogP contribution in [0.25, 0.3) is 0 Å². The minimum absolute atomic E-state index is 0.0299. The Bertz CT molecular complexity index is 512. The lowest BCUT2D eigenvalue weighted by Gasteiger charge is -2.17. The molecule has 0 aliphatic heterocycles. The molecule has 1 atom stereocenters. The van der Waals surface area contributed by atoms with Crippen LogP contribution >= 0.6 is 0 Å². The zero-order valence-electron chi connectivity index (χ0n) is 12.0. The maximum absolute atomic E-state index is 4.33. The standard InChI is InChI=1S/C14H21N5/c1-11(13-7-5-6-8-15-13)16-9-12-10-19(18-17-12)14(2,3)4/h5-8,10-11,16H,9H2,1-4H3/t11-/m0/s1. The molecule has 1 N–H and O–H groups in total. The molecule has 19 heavy (non-hydrogen) atoms. The number of hydrogen-bond acceptors (Lipinski definition) is 4. The maximum atomic E-state index is 4.33. The van der Waals surface area contributed by atoms with Crippen molar-refractivity contribution in [2.75, 3.05) is 0 Å². The minimum Gasteiger partial charge on any atom is -0.303 e. The van der Waals surface area contributed by atoms with E-state index in [-0.39, 0.29) is 11.6 Å². The largest absolute Gasteiger partial charge is 0.303 e. The van der Waals surface area contributed by atoms with Gasteiger partial charge in [-0.05, 0) is 39.8 Å². The second-order valence-corrected chi connectivity index (χ2v) is 5.68. The van der Waals surface area contributed by atoms with E-state index < -0.39 is 0 Å². The zero-order chi connectivity index (χ0) is 13.9. The molecule has 0 fully saturated rings. The van der Waals surface area contributed by atoms with Crippen LogP contribution in [-0.4, -0.2) is 20.0 Å². The second-order valence-electron chi connectivity index (χ2n) is 5.68. The third-order valence-corrected chi connectivity index (χ3v) is 2.95. The quantitative estimate of drug-likeness (QED) is 0.915. The fraction of sp³-hybridized carbons (Fsp3) is 0.500. The van der Waals surface area contributed by atoms with E-state index in [1.165, 1.54) is 0 Å². The fourth-order valence-electron chi connectivity index (χ4n) is 1.70. The van der Waals surface area contributed by atoms with Crippen LogP contribution in [0.4, 0.5) is 0 Å². The predicted molar refractivity (Wildman–Crippen MR) is 74.5 cm³/mol. The van der Waals surface area contributed by atoms with E-state index in [2.05, 4.69) is 48.3 Å². The van der Waals surface area contributed by atoms with Crippen LogP contribution in [0.3, 0.4) is 0 Å². The number of nitrogens with zero attached hydrogens (tertiary/aromatic N) is 4. The van der Waals surface area contributed by atoms with Crippen molar-refractivity contribution in [3.05, 3.63) is 42.0 Å². The summed E-state index contributed by atoms with van der Waals surface area (Å²) >= 11 is 0. The summed E-state index contributed by atoms with van der Waals surface area (Å²) < 4.78 is 1.88. The highest BCUT2D eigenvalue weighted by atomic mass is 15.4. The Hall–Kier alpha value is -1.75. The van der Waals surface area contributed by atoms with Gasteiger partial charge in [0.1, 0.15) is 0 Å². The summed E-state index contributed by atoms with van der Waals surface area (Å²) in [6.45, 7) is 9.10. The van der Waals surface area contributed by atoms with E-state index in [4.69, 9.17) is 0 Å². The number of nitrogens with one attached hydrogen (secondary N) is 1. The maximum Gasteiger partial charge on any atom is 0.0965 e. The molecule has 102 valence electrons. The van der Waals surface area contributed by atoms with Crippen LogP contribution in [0.2, 0.25) is 0 Å². The van der Waals surface area contributed by atoms with Crippen LogP contribution < -0.4 is 5.32 Å². The van der Waals surface area contributed by atoms with Gasteiger partial charge in [0.05, 0.1) is 23.1 Å². The number of pyridine rings is 1. The molecule has 2 aromatic heterocycles. The van der Waals surface area contributed by atoms with Gasteiger partial charge < -0.3 is 5.32 Å². The van der Waals surface area contributed by atoms with Gasteiger partial charge in [-0.1, -0.05) is 11.3 Å².